The Morgan fingerprint density at radius 3 is 2.22 bits per heavy atom. The molecule has 0 aliphatic rings. The molecule has 4 rings (SSSR count). The fourth-order valence-corrected chi connectivity index (χ4v) is 3.72. The van der Waals surface area contributed by atoms with Gasteiger partial charge in [-0.1, -0.05) is 60.7 Å². The second-order valence-electron chi connectivity index (χ2n) is 6.78. The zero-order valence-electron chi connectivity index (χ0n) is 15.4. The van der Waals surface area contributed by atoms with Crippen LogP contribution in [0.3, 0.4) is 0 Å². The minimum Gasteiger partial charge on any atom is -0.491 e. The Hall–Kier alpha value is -3.04. The number of hydrogen-bond donors (Lipinski definition) is 1. The first-order chi connectivity index (χ1) is 13.2. The van der Waals surface area contributed by atoms with E-state index >= 15 is 0 Å². The molecule has 1 N–H and O–H groups in total. The molecule has 0 bridgehead atoms. The standard InChI is InChI=1S/C24H23NO2/c1-24(20-8-3-2-4-9-20,21-11-13-22(14-12-21)27-18-17-26)25-16-15-19-7-5-6-10-23(19)25/h2-16,26H,17-18H2,1H3. The van der Waals surface area contributed by atoms with Gasteiger partial charge in [0.15, 0.2) is 0 Å². The zero-order valence-corrected chi connectivity index (χ0v) is 15.4. The van der Waals surface area contributed by atoms with Crippen molar-refractivity contribution in [1.29, 1.82) is 0 Å². The first-order valence-electron chi connectivity index (χ1n) is 9.20. The van der Waals surface area contributed by atoms with Gasteiger partial charge in [-0.15, -0.1) is 0 Å². The van der Waals surface area contributed by atoms with Crippen molar-refractivity contribution in [3.63, 3.8) is 0 Å². The molecule has 0 saturated carbocycles. The van der Waals surface area contributed by atoms with Gasteiger partial charge in [-0.25, -0.2) is 0 Å². The number of hydrogen-bond acceptors (Lipinski definition) is 2. The van der Waals surface area contributed by atoms with Gasteiger partial charge in [0.2, 0.25) is 0 Å². The topological polar surface area (TPSA) is 34.4 Å². The van der Waals surface area contributed by atoms with Gasteiger partial charge >= 0.3 is 0 Å². The molecule has 1 atom stereocenters. The molecule has 136 valence electrons. The van der Waals surface area contributed by atoms with Crippen LogP contribution in [0.2, 0.25) is 0 Å². The zero-order chi connectivity index (χ0) is 18.7. The van der Waals surface area contributed by atoms with E-state index in [1.807, 2.05) is 18.2 Å². The summed E-state index contributed by atoms with van der Waals surface area (Å²) in [5.74, 6) is 0.764. The number of fused-ring (bicyclic) bond motifs is 1. The predicted octanol–water partition coefficient (Wildman–Crippen LogP) is 4.82. The number of rotatable bonds is 6. The average Bonchev–Trinajstić information content (AvgIpc) is 3.17. The fraction of sp³-hybridized carbons (Fsp3) is 0.167. The van der Waals surface area contributed by atoms with E-state index in [1.165, 1.54) is 22.0 Å². The lowest BCUT2D eigenvalue weighted by Crippen LogP contribution is -2.32. The average molecular weight is 357 g/mol. The van der Waals surface area contributed by atoms with Crippen molar-refractivity contribution in [2.45, 2.75) is 12.5 Å². The summed E-state index contributed by atoms with van der Waals surface area (Å²) in [6, 6.07) is 29.3. The summed E-state index contributed by atoms with van der Waals surface area (Å²) in [6.45, 7) is 2.56. The van der Waals surface area contributed by atoms with Gasteiger partial charge < -0.3 is 14.4 Å². The number of para-hydroxylation sites is 1. The number of ether oxygens (including phenoxy) is 1. The molecule has 0 spiro atoms. The molecule has 0 saturated heterocycles. The molecular weight excluding hydrogens is 334 g/mol. The molecule has 0 fully saturated rings. The molecule has 3 heteroatoms. The smallest absolute Gasteiger partial charge is 0.119 e. The summed E-state index contributed by atoms with van der Waals surface area (Å²) in [4.78, 5) is 0. The highest BCUT2D eigenvalue weighted by Gasteiger charge is 2.31. The molecule has 0 radical (unpaired) electrons. The van der Waals surface area contributed by atoms with Crippen LogP contribution in [0.25, 0.3) is 10.9 Å². The highest BCUT2D eigenvalue weighted by atomic mass is 16.5. The van der Waals surface area contributed by atoms with Crippen LogP contribution in [-0.4, -0.2) is 22.9 Å². The number of aliphatic hydroxyl groups excluding tert-OH is 1. The van der Waals surface area contributed by atoms with E-state index in [1.54, 1.807) is 0 Å². The minimum absolute atomic E-state index is 0.0127. The molecule has 4 aromatic rings. The monoisotopic (exact) mass is 357 g/mol. The summed E-state index contributed by atoms with van der Waals surface area (Å²) in [5.41, 5.74) is 3.23. The predicted molar refractivity (Wildman–Crippen MR) is 109 cm³/mol. The van der Waals surface area contributed by atoms with E-state index in [0.717, 1.165) is 5.75 Å². The van der Waals surface area contributed by atoms with Crippen molar-refractivity contribution in [2.24, 2.45) is 0 Å². The van der Waals surface area contributed by atoms with Crippen LogP contribution in [0.4, 0.5) is 0 Å². The third-order valence-electron chi connectivity index (χ3n) is 5.19. The van der Waals surface area contributed by atoms with Gasteiger partial charge in [-0.05, 0) is 47.7 Å². The van der Waals surface area contributed by atoms with Gasteiger partial charge in [-0.3, -0.25) is 0 Å². The van der Waals surface area contributed by atoms with Crippen molar-refractivity contribution in [3.05, 3.63) is 102 Å². The van der Waals surface area contributed by atoms with Crippen molar-refractivity contribution < 1.29 is 9.84 Å². The Kier molecular flexibility index (Phi) is 4.69. The summed E-state index contributed by atoms with van der Waals surface area (Å²) in [5, 5.41) is 10.2. The van der Waals surface area contributed by atoms with Gasteiger partial charge in [-0.2, -0.15) is 0 Å². The van der Waals surface area contributed by atoms with E-state index < -0.39 is 0 Å². The van der Waals surface area contributed by atoms with Crippen LogP contribution in [0.15, 0.2) is 91.1 Å². The van der Waals surface area contributed by atoms with Gasteiger partial charge in [0.1, 0.15) is 12.4 Å². The number of aliphatic hydroxyl groups is 1. The van der Waals surface area contributed by atoms with Crippen LogP contribution in [0.1, 0.15) is 18.1 Å². The molecule has 1 unspecified atom stereocenters. The molecule has 27 heavy (non-hydrogen) atoms. The Morgan fingerprint density at radius 1 is 0.815 bits per heavy atom. The van der Waals surface area contributed by atoms with E-state index in [2.05, 4.69) is 84.4 Å². The molecule has 1 aromatic heterocycles. The summed E-state index contributed by atoms with van der Waals surface area (Å²) in [6.07, 6.45) is 2.16. The molecule has 3 nitrogen and oxygen atoms in total. The largest absolute Gasteiger partial charge is 0.491 e. The lowest BCUT2D eigenvalue weighted by Gasteiger charge is -2.34. The number of aromatic nitrogens is 1. The maximum Gasteiger partial charge on any atom is 0.119 e. The molecule has 0 aliphatic heterocycles. The molecule has 3 aromatic carbocycles. The van der Waals surface area contributed by atoms with Crippen LogP contribution < -0.4 is 4.74 Å². The van der Waals surface area contributed by atoms with E-state index in [9.17, 15) is 0 Å². The lowest BCUT2D eigenvalue weighted by atomic mass is 9.84. The molecular formula is C24H23NO2. The highest BCUT2D eigenvalue weighted by Crippen LogP contribution is 2.37. The number of benzene rings is 3. The maximum atomic E-state index is 8.96. The Morgan fingerprint density at radius 2 is 1.48 bits per heavy atom. The van der Waals surface area contributed by atoms with Crippen LogP contribution in [0, 0.1) is 0 Å². The summed E-state index contributed by atoms with van der Waals surface area (Å²) >= 11 is 0. The lowest BCUT2D eigenvalue weighted by molar-refractivity contribution is 0.201. The van der Waals surface area contributed by atoms with Crippen molar-refractivity contribution in [1.82, 2.24) is 4.57 Å². The van der Waals surface area contributed by atoms with Crippen molar-refractivity contribution >= 4 is 10.9 Å². The van der Waals surface area contributed by atoms with Crippen molar-refractivity contribution in [2.75, 3.05) is 13.2 Å². The quantitative estimate of drug-likeness (QED) is 0.537. The molecule has 0 aliphatic carbocycles. The Bertz CT molecular complexity index is 1020. The Balaban J connectivity index is 1.87. The first kappa shape index (κ1) is 17.4. The second kappa shape index (κ2) is 7.29. The summed E-state index contributed by atoms with van der Waals surface area (Å²) < 4.78 is 7.87. The fourth-order valence-electron chi connectivity index (χ4n) is 3.72. The minimum atomic E-state index is -0.361. The summed E-state index contributed by atoms with van der Waals surface area (Å²) in [7, 11) is 0. The highest BCUT2D eigenvalue weighted by molar-refractivity contribution is 5.80. The van der Waals surface area contributed by atoms with Crippen LogP contribution >= 0.6 is 0 Å². The van der Waals surface area contributed by atoms with E-state index in [4.69, 9.17) is 9.84 Å². The van der Waals surface area contributed by atoms with Gasteiger partial charge in [0.25, 0.3) is 0 Å². The molecule has 1 heterocycles. The van der Waals surface area contributed by atoms with E-state index in [-0.39, 0.29) is 12.1 Å². The maximum absolute atomic E-state index is 8.96. The van der Waals surface area contributed by atoms with Gasteiger partial charge in [0.05, 0.1) is 12.1 Å². The SMILES string of the molecule is CC(c1ccccc1)(c1ccc(OCCO)cc1)n1ccc2ccccc21. The van der Waals surface area contributed by atoms with Gasteiger partial charge in [0, 0.05) is 11.7 Å². The molecule has 0 amide bonds. The van der Waals surface area contributed by atoms with Crippen LogP contribution in [0.5, 0.6) is 5.75 Å². The first-order valence-corrected chi connectivity index (χ1v) is 9.20. The normalized spacial score (nSPS) is 13.4. The second-order valence-corrected chi connectivity index (χ2v) is 6.78. The number of nitrogens with zero attached hydrogens (tertiary/aromatic N) is 1. The third kappa shape index (κ3) is 3.11. The van der Waals surface area contributed by atoms with E-state index in [0.29, 0.717) is 6.61 Å². The third-order valence-corrected chi connectivity index (χ3v) is 5.19. The van der Waals surface area contributed by atoms with Crippen molar-refractivity contribution in [3.8, 4) is 5.75 Å². The van der Waals surface area contributed by atoms with Crippen LogP contribution in [-0.2, 0) is 5.54 Å². The Labute approximate surface area is 159 Å².